The van der Waals surface area contributed by atoms with E-state index in [-0.39, 0.29) is 5.56 Å². The van der Waals surface area contributed by atoms with Crippen LogP contribution in [0.5, 0.6) is 0 Å². The van der Waals surface area contributed by atoms with Gasteiger partial charge in [0.05, 0.1) is 5.56 Å². The van der Waals surface area contributed by atoms with E-state index in [9.17, 15) is 4.39 Å². The molecule has 1 heterocycles. The SMILES string of the molecule is CCCCCCCCC1CCC(c2cnc(-c3ccc(C#N)c(F)c3)nc2)CC1. The fourth-order valence-electron chi connectivity index (χ4n) is 4.44. The van der Waals surface area contributed by atoms with Gasteiger partial charge in [0.1, 0.15) is 11.9 Å². The van der Waals surface area contributed by atoms with Gasteiger partial charge in [0.25, 0.3) is 0 Å². The van der Waals surface area contributed by atoms with Crippen molar-refractivity contribution in [3.63, 3.8) is 0 Å². The van der Waals surface area contributed by atoms with Gasteiger partial charge in [-0.1, -0.05) is 51.9 Å². The van der Waals surface area contributed by atoms with Gasteiger partial charge < -0.3 is 0 Å². The molecule has 29 heavy (non-hydrogen) atoms. The Hall–Kier alpha value is -2.28. The van der Waals surface area contributed by atoms with Crippen molar-refractivity contribution in [3.8, 4) is 17.5 Å². The molecule has 1 aromatic heterocycles. The maximum atomic E-state index is 13.8. The van der Waals surface area contributed by atoms with E-state index in [1.54, 1.807) is 6.07 Å². The molecule has 0 aliphatic heterocycles. The third-order valence-electron chi connectivity index (χ3n) is 6.30. The fraction of sp³-hybridized carbons (Fsp3) is 0.560. The Labute approximate surface area is 174 Å². The van der Waals surface area contributed by atoms with Crippen LogP contribution in [0.1, 0.15) is 94.6 Å². The summed E-state index contributed by atoms with van der Waals surface area (Å²) in [6, 6.07) is 6.35. The molecule has 1 aliphatic carbocycles. The summed E-state index contributed by atoms with van der Waals surface area (Å²) in [5.74, 6) is 1.41. The lowest BCUT2D eigenvalue weighted by Gasteiger charge is -2.28. The Morgan fingerprint density at radius 1 is 1.00 bits per heavy atom. The molecule has 1 fully saturated rings. The summed E-state index contributed by atoms with van der Waals surface area (Å²) >= 11 is 0. The number of hydrogen-bond donors (Lipinski definition) is 0. The van der Waals surface area contributed by atoms with E-state index in [4.69, 9.17) is 5.26 Å². The minimum absolute atomic E-state index is 0.0445. The maximum absolute atomic E-state index is 13.8. The lowest BCUT2D eigenvalue weighted by atomic mass is 9.77. The first-order valence-corrected chi connectivity index (χ1v) is 11.2. The van der Waals surface area contributed by atoms with Crippen LogP contribution in [-0.4, -0.2) is 9.97 Å². The highest BCUT2D eigenvalue weighted by Crippen LogP contribution is 2.37. The van der Waals surface area contributed by atoms with Gasteiger partial charge in [0.15, 0.2) is 5.82 Å². The van der Waals surface area contributed by atoms with E-state index in [1.807, 2.05) is 18.5 Å². The van der Waals surface area contributed by atoms with Crippen LogP contribution in [0.15, 0.2) is 30.6 Å². The van der Waals surface area contributed by atoms with Gasteiger partial charge in [0, 0.05) is 18.0 Å². The van der Waals surface area contributed by atoms with E-state index >= 15 is 0 Å². The Kier molecular flexibility index (Phi) is 8.16. The third-order valence-corrected chi connectivity index (χ3v) is 6.30. The molecular weight excluding hydrogens is 361 g/mol. The molecule has 0 amide bonds. The van der Waals surface area contributed by atoms with Crippen molar-refractivity contribution in [2.45, 2.75) is 83.5 Å². The highest BCUT2D eigenvalue weighted by atomic mass is 19.1. The number of aromatic nitrogens is 2. The first-order chi connectivity index (χ1) is 14.2. The molecule has 1 saturated carbocycles. The molecule has 1 aromatic carbocycles. The summed E-state index contributed by atoms with van der Waals surface area (Å²) in [4.78, 5) is 8.93. The van der Waals surface area contributed by atoms with Crippen LogP contribution in [0.4, 0.5) is 4.39 Å². The lowest BCUT2D eigenvalue weighted by Crippen LogP contribution is -2.14. The van der Waals surface area contributed by atoms with Gasteiger partial charge >= 0.3 is 0 Å². The number of halogens is 1. The monoisotopic (exact) mass is 393 g/mol. The van der Waals surface area contributed by atoms with Crippen molar-refractivity contribution in [3.05, 3.63) is 47.5 Å². The molecule has 0 bridgehead atoms. The van der Waals surface area contributed by atoms with Crippen LogP contribution in [0.25, 0.3) is 11.4 Å². The number of nitrogens with zero attached hydrogens (tertiary/aromatic N) is 3. The molecule has 4 heteroatoms. The zero-order valence-corrected chi connectivity index (χ0v) is 17.5. The van der Waals surface area contributed by atoms with Crippen LogP contribution < -0.4 is 0 Å². The molecule has 154 valence electrons. The summed E-state index contributed by atoms with van der Waals surface area (Å²) in [7, 11) is 0. The summed E-state index contributed by atoms with van der Waals surface area (Å²) in [6.07, 6.45) is 18.5. The van der Waals surface area contributed by atoms with Crippen molar-refractivity contribution >= 4 is 0 Å². The molecule has 3 rings (SSSR count). The topological polar surface area (TPSA) is 49.6 Å². The molecule has 0 N–H and O–H groups in total. The Morgan fingerprint density at radius 3 is 2.34 bits per heavy atom. The van der Waals surface area contributed by atoms with Crippen LogP contribution in [-0.2, 0) is 0 Å². The van der Waals surface area contributed by atoms with Crippen LogP contribution >= 0.6 is 0 Å². The highest BCUT2D eigenvalue weighted by Gasteiger charge is 2.22. The van der Waals surface area contributed by atoms with E-state index in [1.165, 1.54) is 88.3 Å². The third kappa shape index (κ3) is 6.10. The second-order valence-corrected chi connectivity index (χ2v) is 8.42. The normalized spacial score (nSPS) is 19.1. The smallest absolute Gasteiger partial charge is 0.159 e. The Morgan fingerprint density at radius 2 is 1.69 bits per heavy atom. The molecule has 0 saturated heterocycles. The zero-order chi connectivity index (χ0) is 20.5. The van der Waals surface area contributed by atoms with Gasteiger partial charge in [0.2, 0.25) is 0 Å². The largest absolute Gasteiger partial charge is 0.236 e. The van der Waals surface area contributed by atoms with Crippen LogP contribution in [0, 0.1) is 23.1 Å². The first-order valence-electron chi connectivity index (χ1n) is 11.2. The zero-order valence-electron chi connectivity index (χ0n) is 17.5. The van der Waals surface area contributed by atoms with Gasteiger partial charge in [-0.2, -0.15) is 5.26 Å². The maximum Gasteiger partial charge on any atom is 0.159 e. The number of benzene rings is 1. The van der Waals surface area contributed by atoms with Crippen LogP contribution in [0.2, 0.25) is 0 Å². The average molecular weight is 394 g/mol. The number of nitriles is 1. The van der Waals surface area contributed by atoms with Gasteiger partial charge in [-0.05, 0) is 61.3 Å². The van der Waals surface area contributed by atoms with Crippen molar-refractivity contribution in [2.75, 3.05) is 0 Å². The van der Waals surface area contributed by atoms with Gasteiger partial charge in [-0.3, -0.25) is 0 Å². The minimum atomic E-state index is -0.527. The number of unbranched alkanes of at least 4 members (excludes halogenated alkanes) is 5. The molecule has 0 spiro atoms. The molecule has 0 radical (unpaired) electrons. The minimum Gasteiger partial charge on any atom is -0.236 e. The van der Waals surface area contributed by atoms with E-state index in [0.717, 1.165) is 5.92 Å². The quantitative estimate of drug-likeness (QED) is 0.424. The molecule has 3 nitrogen and oxygen atoms in total. The molecule has 0 atom stereocenters. The summed E-state index contributed by atoms with van der Waals surface area (Å²) in [5.41, 5.74) is 1.85. The number of rotatable bonds is 9. The number of hydrogen-bond acceptors (Lipinski definition) is 3. The standard InChI is InChI=1S/C25H32FN3/c1-2-3-4-5-6-7-8-19-9-11-20(12-10-19)23-17-28-25(29-18-23)21-13-14-22(16-27)24(26)15-21/h13-15,17-20H,2-12H2,1H3. The van der Waals surface area contributed by atoms with E-state index < -0.39 is 5.82 Å². The molecular formula is C25H32FN3. The van der Waals surface area contributed by atoms with Crippen molar-refractivity contribution < 1.29 is 4.39 Å². The van der Waals surface area contributed by atoms with Crippen molar-refractivity contribution in [1.82, 2.24) is 9.97 Å². The molecule has 2 aromatic rings. The van der Waals surface area contributed by atoms with Crippen LogP contribution in [0.3, 0.4) is 0 Å². The summed E-state index contributed by atoms with van der Waals surface area (Å²) < 4.78 is 13.8. The van der Waals surface area contributed by atoms with E-state index in [0.29, 0.717) is 17.3 Å². The Bertz CT molecular complexity index is 802. The second kappa shape index (κ2) is 11.0. The second-order valence-electron chi connectivity index (χ2n) is 8.42. The average Bonchev–Trinajstić information content (AvgIpc) is 2.77. The molecule has 1 aliphatic rings. The lowest BCUT2D eigenvalue weighted by molar-refractivity contribution is 0.301. The van der Waals surface area contributed by atoms with E-state index in [2.05, 4.69) is 16.9 Å². The predicted octanol–water partition coefficient (Wildman–Crippen LogP) is 7.18. The van der Waals surface area contributed by atoms with Crippen molar-refractivity contribution in [1.29, 1.82) is 5.26 Å². The predicted molar refractivity (Wildman–Crippen MR) is 115 cm³/mol. The first kappa shape index (κ1) is 21.4. The molecule has 0 unspecified atom stereocenters. The summed E-state index contributed by atoms with van der Waals surface area (Å²) in [5, 5.41) is 8.85. The summed E-state index contributed by atoms with van der Waals surface area (Å²) in [6.45, 7) is 2.27. The highest BCUT2D eigenvalue weighted by molar-refractivity contribution is 5.56. The fourth-order valence-corrected chi connectivity index (χ4v) is 4.44. The van der Waals surface area contributed by atoms with Gasteiger partial charge in [-0.25, -0.2) is 14.4 Å². The van der Waals surface area contributed by atoms with Crippen molar-refractivity contribution in [2.24, 2.45) is 5.92 Å². The Balaban J connectivity index is 1.47. The van der Waals surface area contributed by atoms with Gasteiger partial charge in [-0.15, -0.1) is 0 Å².